The van der Waals surface area contributed by atoms with E-state index in [1.807, 2.05) is 37.5 Å². The molecule has 1 N–H and O–H groups in total. The zero-order chi connectivity index (χ0) is 19.9. The number of likely N-dealkylation sites (N-methyl/N-ethyl adjacent to an activating group) is 1. The second-order valence-corrected chi connectivity index (χ2v) is 7.63. The third-order valence-corrected chi connectivity index (χ3v) is 5.25. The number of aromatic nitrogens is 1. The van der Waals surface area contributed by atoms with E-state index in [4.69, 9.17) is 11.6 Å². The Labute approximate surface area is 172 Å². The largest absolute Gasteiger partial charge is 0.354 e. The first-order valence-electron chi connectivity index (χ1n) is 9.60. The van der Waals surface area contributed by atoms with Gasteiger partial charge in [-0.3, -0.25) is 4.99 Å². The second kappa shape index (κ2) is 9.75. The lowest BCUT2D eigenvalue weighted by Crippen LogP contribution is -2.44. The van der Waals surface area contributed by atoms with Gasteiger partial charge in [0, 0.05) is 64.6 Å². The molecule has 0 atom stereocenters. The van der Waals surface area contributed by atoms with E-state index >= 15 is 0 Å². The number of anilines is 1. The average Bonchev–Trinajstić information content (AvgIpc) is 2.71. The Hall–Kier alpha value is -2.31. The van der Waals surface area contributed by atoms with E-state index in [1.54, 1.807) is 7.05 Å². The van der Waals surface area contributed by atoms with Crippen molar-refractivity contribution >= 4 is 23.4 Å². The van der Waals surface area contributed by atoms with E-state index in [0.717, 1.165) is 55.1 Å². The minimum absolute atomic E-state index is 0.688. The van der Waals surface area contributed by atoms with Crippen LogP contribution in [0.5, 0.6) is 0 Å². The van der Waals surface area contributed by atoms with Gasteiger partial charge in [0.15, 0.2) is 5.96 Å². The minimum Gasteiger partial charge on any atom is -0.354 e. The summed E-state index contributed by atoms with van der Waals surface area (Å²) in [4.78, 5) is 15.8. The van der Waals surface area contributed by atoms with Crippen molar-refractivity contribution in [1.82, 2.24) is 20.1 Å². The maximum absolute atomic E-state index is 5.96. The summed E-state index contributed by atoms with van der Waals surface area (Å²) in [6, 6.07) is 12.1. The Morgan fingerprint density at radius 2 is 1.79 bits per heavy atom. The number of pyridine rings is 1. The number of aliphatic imine (C=N–C) groups is 1. The standard InChI is InChI=1S/C21H29ClN6/c1-23-21(27(3)16-17-4-7-19(22)8-5-17)25-15-18-6-9-20(24-14-18)28-12-10-26(2)11-13-28/h4-9,14H,10-13,15-16H2,1-3H3,(H,23,25). The maximum atomic E-state index is 5.96. The van der Waals surface area contributed by atoms with Crippen LogP contribution in [0, 0.1) is 0 Å². The summed E-state index contributed by atoms with van der Waals surface area (Å²) in [5.41, 5.74) is 2.33. The lowest BCUT2D eigenvalue weighted by Gasteiger charge is -2.33. The first-order chi connectivity index (χ1) is 13.5. The Morgan fingerprint density at radius 1 is 1.11 bits per heavy atom. The number of nitrogens with zero attached hydrogens (tertiary/aromatic N) is 5. The van der Waals surface area contributed by atoms with Gasteiger partial charge in [0.1, 0.15) is 5.82 Å². The predicted octanol–water partition coefficient (Wildman–Crippen LogP) is 2.69. The summed E-state index contributed by atoms with van der Waals surface area (Å²) in [6.07, 6.45) is 1.95. The molecule has 1 aromatic heterocycles. The highest BCUT2D eigenvalue weighted by Gasteiger charge is 2.15. The molecular formula is C21H29ClN6. The van der Waals surface area contributed by atoms with Crippen molar-refractivity contribution in [2.45, 2.75) is 13.1 Å². The van der Waals surface area contributed by atoms with Crippen molar-refractivity contribution in [1.29, 1.82) is 0 Å². The van der Waals surface area contributed by atoms with Gasteiger partial charge in [-0.2, -0.15) is 0 Å². The van der Waals surface area contributed by atoms with Crippen LogP contribution in [0.25, 0.3) is 0 Å². The fourth-order valence-electron chi connectivity index (χ4n) is 3.25. The molecule has 3 rings (SSSR count). The van der Waals surface area contributed by atoms with Crippen LogP contribution in [-0.4, -0.2) is 68.1 Å². The van der Waals surface area contributed by atoms with Gasteiger partial charge >= 0.3 is 0 Å². The fourth-order valence-corrected chi connectivity index (χ4v) is 3.37. The molecule has 0 saturated carbocycles. The molecule has 1 aliphatic heterocycles. The van der Waals surface area contributed by atoms with Crippen molar-refractivity contribution in [2.75, 3.05) is 52.2 Å². The van der Waals surface area contributed by atoms with Crippen molar-refractivity contribution in [3.05, 3.63) is 58.7 Å². The first kappa shape index (κ1) is 20.4. The van der Waals surface area contributed by atoms with Crippen LogP contribution >= 0.6 is 11.6 Å². The molecule has 2 aromatic rings. The summed E-state index contributed by atoms with van der Waals surface area (Å²) in [5.74, 6) is 1.90. The van der Waals surface area contributed by atoms with Crippen LogP contribution in [0.15, 0.2) is 47.6 Å². The Balaban J connectivity index is 1.52. The van der Waals surface area contributed by atoms with E-state index in [1.165, 1.54) is 5.56 Å². The fraction of sp³-hybridized carbons (Fsp3) is 0.429. The molecule has 2 heterocycles. The zero-order valence-corrected chi connectivity index (χ0v) is 17.7. The van der Waals surface area contributed by atoms with Gasteiger partial charge < -0.3 is 20.0 Å². The number of hydrogen-bond donors (Lipinski definition) is 1. The Morgan fingerprint density at radius 3 is 2.39 bits per heavy atom. The van der Waals surface area contributed by atoms with Gasteiger partial charge in [0.2, 0.25) is 0 Å². The van der Waals surface area contributed by atoms with Gasteiger partial charge in [-0.05, 0) is 36.4 Å². The van der Waals surface area contributed by atoms with Crippen LogP contribution in [-0.2, 0) is 13.1 Å². The number of piperazine rings is 1. The second-order valence-electron chi connectivity index (χ2n) is 7.20. The lowest BCUT2D eigenvalue weighted by molar-refractivity contribution is 0.312. The molecule has 1 aromatic carbocycles. The van der Waals surface area contributed by atoms with E-state index in [2.05, 4.69) is 49.2 Å². The number of benzene rings is 1. The summed E-state index contributed by atoms with van der Waals surface area (Å²) < 4.78 is 0. The van der Waals surface area contributed by atoms with Gasteiger partial charge in [-0.25, -0.2) is 4.98 Å². The van der Waals surface area contributed by atoms with Crippen molar-refractivity contribution in [3.63, 3.8) is 0 Å². The molecule has 0 aliphatic carbocycles. The zero-order valence-electron chi connectivity index (χ0n) is 16.9. The van der Waals surface area contributed by atoms with Gasteiger partial charge in [0.05, 0.1) is 0 Å². The topological polar surface area (TPSA) is 47.0 Å². The molecule has 0 amide bonds. The molecule has 6 nitrogen and oxygen atoms in total. The highest BCUT2D eigenvalue weighted by Crippen LogP contribution is 2.14. The van der Waals surface area contributed by atoms with Crippen LogP contribution in [0.1, 0.15) is 11.1 Å². The minimum atomic E-state index is 0.688. The summed E-state index contributed by atoms with van der Waals surface area (Å²) in [7, 11) is 5.99. The Kier molecular flexibility index (Phi) is 7.12. The van der Waals surface area contributed by atoms with Crippen LogP contribution in [0.2, 0.25) is 5.02 Å². The molecule has 1 aliphatic rings. The number of guanidine groups is 1. The van der Waals surface area contributed by atoms with E-state index in [0.29, 0.717) is 6.54 Å². The molecule has 0 bridgehead atoms. The SMILES string of the molecule is CN=C(NCc1ccc(N2CCN(C)CC2)nc1)N(C)Cc1ccc(Cl)cc1. The van der Waals surface area contributed by atoms with Gasteiger partial charge in [0.25, 0.3) is 0 Å². The van der Waals surface area contributed by atoms with E-state index in [9.17, 15) is 0 Å². The highest BCUT2D eigenvalue weighted by molar-refractivity contribution is 6.30. The molecule has 28 heavy (non-hydrogen) atoms. The van der Waals surface area contributed by atoms with Crippen molar-refractivity contribution < 1.29 is 0 Å². The van der Waals surface area contributed by atoms with Crippen LogP contribution in [0.4, 0.5) is 5.82 Å². The molecule has 150 valence electrons. The first-order valence-corrected chi connectivity index (χ1v) is 9.97. The van der Waals surface area contributed by atoms with Gasteiger partial charge in [-0.1, -0.05) is 29.8 Å². The molecule has 0 spiro atoms. The molecule has 1 fully saturated rings. The smallest absolute Gasteiger partial charge is 0.193 e. The van der Waals surface area contributed by atoms with Crippen molar-refractivity contribution in [3.8, 4) is 0 Å². The number of halogens is 1. The summed E-state index contributed by atoms with van der Waals surface area (Å²) in [6.45, 7) is 5.68. The maximum Gasteiger partial charge on any atom is 0.193 e. The number of nitrogens with one attached hydrogen (secondary N) is 1. The molecule has 7 heteroatoms. The van der Waals surface area contributed by atoms with Crippen LogP contribution < -0.4 is 10.2 Å². The monoisotopic (exact) mass is 400 g/mol. The third-order valence-electron chi connectivity index (χ3n) is 4.99. The van der Waals surface area contributed by atoms with Crippen LogP contribution in [0.3, 0.4) is 0 Å². The quantitative estimate of drug-likeness (QED) is 0.617. The van der Waals surface area contributed by atoms with E-state index < -0.39 is 0 Å². The highest BCUT2D eigenvalue weighted by atomic mass is 35.5. The number of hydrogen-bond acceptors (Lipinski definition) is 4. The van der Waals surface area contributed by atoms with E-state index in [-0.39, 0.29) is 0 Å². The summed E-state index contributed by atoms with van der Waals surface area (Å²) in [5, 5.41) is 4.16. The molecular weight excluding hydrogens is 372 g/mol. The molecule has 1 saturated heterocycles. The normalized spacial score (nSPS) is 15.6. The number of rotatable bonds is 5. The summed E-state index contributed by atoms with van der Waals surface area (Å²) >= 11 is 5.96. The lowest BCUT2D eigenvalue weighted by atomic mass is 10.2. The molecule has 0 radical (unpaired) electrons. The van der Waals surface area contributed by atoms with Crippen molar-refractivity contribution in [2.24, 2.45) is 4.99 Å². The van der Waals surface area contributed by atoms with Gasteiger partial charge in [-0.15, -0.1) is 0 Å². The third kappa shape index (κ3) is 5.59. The average molecular weight is 401 g/mol. The molecule has 0 unspecified atom stereocenters. The predicted molar refractivity (Wildman–Crippen MR) is 117 cm³/mol. The Bertz CT molecular complexity index is 766.